The summed E-state index contributed by atoms with van der Waals surface area (Å²) in [6.45, 7) is 12.3. The molecule has 0 aliphatic heterocycles. The maximum atomic E-state index is 5.51. The molecule has 0 amide bonds. The van der Waals surface area contributed by atoms with Crippen molar-refractivity contribution in [3.05, 3.63) is 34.9 Å². The van der Waals surface area contributed by atoms with Gasteiger partial charge in [-0.3, -0.25) is 0 Å². The van der Waals surface area contributed by atoms with E-state index in [1.165, 1.54) is 55.2 Å². The molecule has 6 nitrogen and oxygen atoms in total. The molecule has 0 aromatic heterocycles. The first kappa shape index (κ1) is 28.0. The minimum Gasteiger partial charge on any atom is -0.330 e. The van der Waals surface area contributed by atoms with Gasteiger partial charge in [-0.05, 0) is 122 Å². The smallest absolute Gasteiger partial charge is 0.0205 e. The normalized spacial score (nSPS) is 11.3. The van der Waals surface area contributed by atoms with Gasteiger partial charge in [0.1, 0.15) is 0 Å². The summed E-state index contributed by atoms with van der Waals surface area (Å²) < 4.78 is 0. The van der Waals surface area contributed by atoms with Gasteiger partial charge in [0.25, 0.3) is 0 Å². The van der Waals surface area contributed by atoms with E-state index in [2.05, 4.69) is 46.4 Å². The number of aryl methyl sites for hydroxylation is 1. The van der Waals surface area contributed by atoms with E-state index in [4.69, 9.17) is 11.5 Å². The third kappa shape index (κ3) is 17.2. The predicted octanol–water partition coefficient (Wildman–Crippen LogP) is 2.39. The predicted molar refractivity (Wildman–Crippen MR) is 135 cm³/mol. The number of nitrogens with one attached hydrogen (secondary N) is 4. The van der Waals surface area contributed by atoms with Crippen LogP contribution < -0.4 is 32.7 Å². The fourth-order valence-corrected chi connectivity index (χ4v) is 3.66. The molecule has 0 fully saturated rings. The van der Waals surface area contributed by atoms with Crippen LogP contribution >= 0.6 is 0 Å². The second kappa shape index (κ2) is 20.9. The fourth-order valence-electron chi connectivity index (χ4n) is 3.66. The van der Waals surface area contributed by atoms with Gasteiger partial charge in [-0.25, -0.2) is 0 Å². The highest BCUT2D eigenvalue weighted by Crippen LogP contribution is 2.10. The van der Waals surface area contributed by atoms with Gasteiger partial charge in [-0.2, -0.15) is 0 Å². The molecule has 0 heterocycles. The van der Waals surface area contributed by atoms with Crippen molar-refractivity contribution in [2.75, 3.05) is 52.4 Å². The molecule has 0 aliphatic rings. The van der Waals surface area contributed by atoms with Gasteiger partial charge >= 0.3 is 0 Å². The van der Waals surface area contributed by atoms with Crippen LogP contribution in [0.25, 0.3) is 0 Å². The fraction of sp³-hybridized carbons (Fsp3) is 0.760. The molecule has 0 saturated carbocycles. The van der Waals surface area contributed by atoms with Crippen molar-refractivity contribution in [3.8, 4) is 0 Å². The lowest BCUT2D eigenvalue weighted by atomic mass is 10.1. The van der Waals surface area contributed by atoms with Crippen LogP contribution in [0.2, 0.25) is 0 Å². The van der Waals surface area contributed by atoms with Gasteiger partial charge in [0.2, 0.25) is 0 Å². The van der Waals surface area contributed by atoms with Crippen molar-refractivity contribution in [1.82, 2.24) is 21.3 Å². The van der Waals surface area contributed by atoms with E-state index in [-0.39, 0.29) is 0 Å². The first-order valence-electron chi connectivity index (χ1n) is 12.6. The SMILES string of the molecule is Cc1cc(CNCCCCNCCCCN)cc(CNCCCCNCCCCN)c1. The van der Waals surface area contributed by atoms with Gasteiger partial charge in [0.15, 0.2) is 0 Å². The van der Waals surface area contributed by atoms with Crippen molar-refractivity contribution in [2.24, 2.45) is 11.5 Å². The van der Waals surface area contributed by atoms with Gasteiger partial charge in [0.05, 0.1) is 0 Å². The summed E-state index contributed by atoms with van der Waals surface area (Å²) in [5, 5.41) is 14.2. The van der Waals surface area contributed by atoms with Crippen LogP contribution in [-0.4, -0.2) is 52.4 Å². The van der Waals surface area contributed by atoms with E-state index in [0.29, 0.717) is 0 Å². The van der Waals surface area contributed by atoms with Gasteiger partial charge in [0, 0.05) is 13.1 Å². The molecule has 0 atom stereocenters. The Kier molecular flexibility index (Phi) is 18.8. The summed E-state index contributed by atoms with van der Waals surface area (Å²) in [4.78, 5) is 0. The standard InChI is InChI=1S/C25H50N6/c1-23-18-24(21-30-16-8-6-14-28-12-4-2-10-26)20-25(19-23)22-31-17-9-7-15-29-13-5-3-11-27/h18-20,28-31H,2-17,21-22,26-27H2,1H3. The average Bonchev–Trinajstić information content (AvgIpc) is 2.76. The van der Waals surface area contributed by atoms with Crippen molar-refractivity contribution in [2.45, 2.75) is 71.4 Å². The Bertz CT molecular complexity index is 480. The van der Waals surface area contributed by atoms with E-state index < -0.39 is 0 Å². The van der Waals surface area contributed by atoms with Crippen LogP contribution in [0.1, 0.15) is 68.1 Å². The molecule has 0 spiro atoms. The summed E-state index contributed by atoms with van der Waals surface area (Å²) in [7, 11) is 0. The Morgan fingerprint density at radius 3 is 1.26 bits per heavy atom. The molecule has 0 radical (unpaired) electrons. The molecule has 1 aromatic carbocycles. The molecule has 6 heteroatoms. The van der Waals surface area contributed by atoms with E-state index in [1.54, 1.807) is 0 Å². The second-order valence-electron chi connectivity index (χ2n) is 8.59. The zero-order valence-corrected chi connectivity index (χ0v) is 20.1. The van der Waals surface area contributed by atoms with E-state index in [1.807, 2.05) is 0 Å². The maximum Gasteiger partial charge on any atom is 0.0205 e. The third-order valence-electron chi connectivity index (χ3n) is 5.38. The molecule has 0 bridgehead atoms. The molecule has 0 unspecified atom stereocenters. The van der Waals surface area contributed by atoms with Crippen molar-refractivity contribution in [1.29, 1.82) is 0 Å². The third-order valence-corrected chi connectivity index (χ3v) is 5.38. The Labute approximate surface area is 191 Å². The van der Waals surface area contributed by atoms with E-state index >= 15 is 0 Å². The Hall–Kier alpha value is -1.02. The second-order valence-corrected chi connectivity index (χ2v) is 8.59. The summed E-state index contributed by atoms with van der Waals surface area (Å²) in [5.74, 6) is 0. The number of hydrogen-bond donors (Lipinski definition) is 6. The van der Waals surface area contributed by atoms with Crippen LogP contribution in [-0.2, 0) is 13.1 Å². The zero-order valence-electron chi connectivity index (χ0n) is 20.1. The molecule has 0 saturated heterocycles. The number of nitrogens with two attached hydrogens (primary N) is 2. The summed E-state index contributed by atoms with van der Waals surface area (Å²) in [5.41, 5.74) is 15.1. The highest BCUT2D eigenvalue weighted by molar-refractivity contribution is 5.29. The molecular formula is C25H50N6. The number of unbranched alkanes of at least 4 members (excludes halogenated alkanes) is 4. The van der Waals surface area contributed by atoms with Crippen LogP contribution in [0.4, 0.5) is 0 Å². The quantitative estimate of drug-likeness (QED) is 0.157. The van der Waals surface area contributed by atoms with Crippen molar-refractivity contribution >= 4 is 0 Å². The zero-order chi connectivity index (χ0) is 22.4. The average molecular weight is 435 g/mol. The molecule has 1 aromatic rings. The first-order valence-corrected chi connectivity index (χ1v) is 12.6. The van der Waals surface area contributed by atoms with Gasteiger partial charge in [-0.1, -0.05) is 23.8 Å². The van der Waals surface area contributed by atoms with E-state index in [9.17, 15) is 0 Å². The molecule has 8 N–H and O–H groups in total. The van der Waals surface area contributed by atoms with E-state index in [0.717, 1.165) is 78.3 Å². The number of rotatable bonds is 22. The highest BCUT2D eigenvalue weighted by atomic mass is 14.9. The lowest BCUT2D eigenvalue weighted by Gasteiger charge is -2.11. The Balaban J connectivity index is 2.06. The topological polar surface area (TPSA) is 100 Å². The first-order chi connectivity index (χ1) is 15.3. The minimum atomic E-state index is 0.802. The largest absolute Gasteiger partial charge is 0.330 e. The lowest BCUT2D eigenvalue weighted by molar-refractivity contribution is 0.565. The molecule has 31 heavy (non-hydrogen) atoms. The summed E-state index contributed by atoms with van der Waals surface area (Å²) in [6.07, 6.45) is 9.49. The van der Waals surface area contributed by atoms with Crippen LogP contribution in [0, 0.1) is 6.92 Å². The number of benzene rings is 1. The lowest BCUT2D eigenvalue weighted by Crippen LogP contribution is -2.21. The highest BCUT2D eigenvalue weighted by Gasteiger charge is 2.00. The van der Waals surface area contributed by atoms with Crippen molar-refractivity contribution < 1.29 is 0 Å². The molecule has 180 valence electrons. The Morgan fingerprint density at radius 2 is 0.871 bits per heavy atom. The van der Waals surface area contributed by atoms with Crippen molar-refractivity contribution in [3.63, 3.8) is 0 Å². The van der Waals surface area contributed by atoms with Crippen LogP contribution in [0.3, 0.4) is 0 Å². The Morgan fingerprint density at radius 1 is 0.516 bits per heavy atom. The van der Waals surface area contributed by atoms with Gasteiger partial charge in [-0.15, -0.1) is 0 Å². The van der Waals surface area contributed by atoms with Crippen LogP contribution in [0.15, 0.2) is 18.2 Å². The minimum absolute atomic E-state index is 0.802. The molecule has 1 rings (SSSR count). The molecular weight excluding hydrogens is 384 g/mol. The number of hydrogen-bond acceptors (Lipinski definition) is 6. The van der Waals surface area contributed by atoms with Gasteiger partial charge < -0.3 is 32.7 Å². The summed E-state index contributed by atoms with van der Waals surface area (Å²) in [6, 6.07) is 6.93. The van der Waals surface area contributed by atoms with Crippen LogP contribution in [0.5, 0.6) is 0 Å². The monoisotopic (exact) mass is 434 g/mol. The molecule has 0 aliphatic carbocycles. The maximum absolute atomic E-state index is 5.51. The summed E-state index contributed by atoms with van der Waals surface area (Å²) >= 11 is 0.